The number of nitrogens with zero attached hydrogens (tertiary/aromatic N) is 2. The summed E-state index contributed by atoms with van der Waals surface area (Å²) in [4.78, 5) is 19.0. The van der Waals surface area contributed by atoms with Crippen molar-refractivity contribution in [3.63, 3.8) is 0 Å². The molecule has 1 saturated carbocycles. The van der Waals surface area contributed by atoms with Crippen molar-refractivity contribution in [1.82, 2.24) is 9.88 Å². The molecule has 0 atom stereocenters. The smallest absolute Gasteiger partial charge is 0.253 e. The molecule has 2 aromatic rings. The lowest BCUT2D eigenvalue weighted by Gasteiger charge is -2.15. The van der Waals surface area contributed by atoms with Gasteiger partial charge in [0.15, 0.2) is 0 Å². The Hall–Kier alpha value is -1.88. The van der Waals surface area contributed by atoms with E-state index in [0.29, 0.717) is 12.5 Å². The van der Waals surface area contributed by atoms with Gasteiger partial charge in [0.25, 0.3) is 5.91 Å². The van der Waals surface area contributed by atoms with Crippen LogP contribution in [0, 0.1) is 0 Å². The number of rotatable bonds is 5. The standard InChI is InChI=1S/C20H24N2O2S/c23-20(22-11-3-4-12-22)16-7-9-18(10-8-16)24-13-17-14-25-19(21-17)15-5-1-2-6-15/h7-10,14-15H,1-6,11-13H2. The van der Waals surface area contributed by atoms with E-state index < -0.39 is 0 Å². The molecule has 1 amide bonds. The molecule has 2 heterocycles. The van der Waals surface area contributed by atoms with E-state index in [9.17, 15) is 4.79 Å². The number of thiazole rings is 1. The Morgan fingerprint density at radius 1 is 1.12 bits per heavy atom. The molecule has 0 spiro atoms. The molecule has 1 aliphatic carbocycles. The average molecular weight is 356 g/mol. The van der Waals surface area contributed by atoms with E-state index in [-0.39, 0.29) is 5.91 Å². The first kappa shape index (κ1) is 16.6. The molecule has 1 saturated heterocycles. The highest BCUT2D eigenvalue weighted by Gasteiger charge is 2.21. The summed E-state index contributed by atoms with van der Waals surface area (Å²) in [6.07, 6.45) is 7.45. The Kier molecular flexibility index (Phi) is 5.02. The highest BCUT2D eigenvalue weighted by atomic mass is 32.1. The van der Waals surface area contributed by atoms with E-state index in [0.717, 1.165) is 42.9 Å². The fraction of sp³-hybridized carbons (Fsp3) is 0.500. The number of carbonyl (C=O) groups excluding carboxylic acids is 1. The van der Waals surface area contributed by atoms with Crippen molar-refractivity contribution in [3.8, 4) is 5.75 Å². The third-order valence-corrected chi connectivity index (χ3v) is 6.21. The zero-order valence-corrected chi connectivity index (χ0v) is 15.3. The van der Waals surface area contributed by atoms with Crippen molar-refractivity contribution >= 4 is 17.2 Å². The van der Waals surface area contributed by atoms with Crippen molar-refractivity contribution in [1.29, 1.82) is 0 Å². The van der Waals surface area contributed by atoms with Crippen LogP contribution in [0.4, 0.5) is 0 Å². The summed E-state index contributed by atoms with van der Waals surface area (Å²) >= 11 is 1.76. The Morgan fingerprint density at radius 2 is 1.84 bits per heavy atom. The first-order valence-electron chi connectivity index (χ1n) is 9.26. The Morgan fingerprint density at radius 3 is 2.56 bits per heavy atom. The van der Waals surface area contributed by atoms with Crippen molar-refractivity contribution < 1.29 is 9.53 Å². The fourth-order valence-electron chi connectivity index (χ4n) is 3.70. The molecule has 1 aromatic heterocycles. The molecule has 1 aliphatic heterocycles. The molecule has 5 heteroatoms. The summed E-state index contributed by atoms with van der Waals surface area (Å²) in [5, 5.41) is 3.38. The molecule has 132 valence electrons. The number of amides is 1. The number of aromatic nitrogens is 1. The minimum atomic E-state index is 0.129. The van der Waals surface area contributed by atoms with Crippen molar-refractivity contribution in [2.75, 3.05) is 13.1 Å². The first-order chi connectivity index (χ1) is 12.3. The lowest BCUT2D eigenvalue weighted by atomic mass is 10.1. The second kappa shape index (κ2) is 7.56. The van der Waals surface area contributed by atoms with E-state index in [2.05, 4.69) is 5.38 Å². The van der Waals surface area contributed by atoms with Gasteiger partial charge in [0.05, 0.1) is 10.7 Å². The van der Waals surface area contributed by atoms with Gasteiger partial charge in [-0.05, 0) is 49.9 Å². The second-order valence-electron chi connectivity index (χ2n) is 6.97. The van der Waals surface area contributed by atoms with Crippen molar-refractivity contribution in [2.24, 2.45) is 0 Å². The maximum Gasteiger partial charge on any atom is 0.253 e. The molecule has 2 fully saturated rings. The van der Waals surface area contributed by atoms with Crippen LogP contribution in [0.3, 0.4) is 0 Å². The Labute approximate surface area is 152 Å². The van der Waals surface area contributed by atoms with Crippen LogP contribution in [0.15, 0.2) is 29.6 Å². The molecule has 1 aromatic carbocycles. The van der Waals surface area contributed by atoms with Gasteiger partial charge in [-0.3, -0.25) is 4.79 Å². The predicted molar refractivity (Wildman–Crippen MR) is 99.2 cm³/mol. The number of hydrogen-bond donors (Lipinski definition) is 0. The summed E-state index contributed by atoms with van der Waals surface area (Å²) < 4.78 is 5.85. The lowest BCUT2D eigenvalue weighted by molar-refractivity contribution is 0.0793. The van der Waals surface area contributed by atoms with E-state index in [1.807, 2.05) is 29.2 Å². The highest BCUT2D eigenvalue weighted by Crippen LogP contribution is 2.35. The Bertz CT molecular complexity index is 714. The monoisotopic (exact) mass is 356 g/mol. The maximum absolute atomic E-state index is 12.3. The molecule has 0 N–H and O–H groups in total. The molecular formula is C20H24N2O2S. The van der Waals surface area contributed by atoms with Gasteiger partial charge in [0.2, 0.25) is 0 Å². The summed E-state index contributed by atoms with van der Waals surface area (Å²) in [6, 6.07) is 7.49. The molecule has 2 aliphatic rings. The van der Waals surface area contributed by atoms with Gasteiger partial charge in [-0.25, -0.2) is 4.98 Å². The van der Waals surface area contributed by atoms with Crippen molar-refractivity contribution in [2.45, 2.75) is 51.0 Å². The zero-order chi connectivity index (χ0) is 17.1. The van der Waals surface area contributed by atoms with Gasteiger partial charge in [-0.2, -0.15) is 0 Å². The van der Waals surface area contributed by atoms with E-state index >= 15 is 0 Å². The maximum atomic E-state index is 12.3. The predicted octanol–water partition coefficient (Wildman–Crippen LogP) is 4.62. The zero-order valence-electron chi connectivity index (χ0n) is 14.4. The van der Waals surface area contributed by atoms with Gasteiger partial charge < -0.3 is 9.64 Å². The highest BCUT2D eigenvalue weighted by molar-refractivity contribution is 7.09. The van der Waals surface area contributed by atoms with Crippen LogP contribution in [0.1, 0.15) is 65.5 Å². The average Bonchev–Trinajstić information content (AvgIpc) is 3.42. The number of benzene rings is 1. The molecule has 0 unspecified atom stereocenters. The quantitative estimate of drug-likeness (QED) is 0.785. The summed E-state index contributed by atoms with van der Waals surface area (Å²) in [7, 11) is 0. The van der Waals surface area contributed by atoms with E-state index in [1.54, 1.807) is 11.3 Å². The van der Waals surface area contributed by atoms with Crippen LogP contribution < -0.4 is 4.74 Å². The van der Waals surface area contributed by atoms with E-state index in [4.69, 9.17) is 9.72 Å². The summed E-state index contributed by atoms with van der Waals surface area (Å²) in [5.74, 6) is 1.58. The molecule has 4 nitrogen and oxygen atoms in total. The minimum Gasteiger partial charge on any atom is -0.487 e. The van der Waals surface area contributed by atoms with Crippen molar-refractivity contribution in [3.05, 3.63) is 45.9 Å². The SMILES string of the molecule is O=C(c1ccc(OCc2csc(C3CCCC3)n2)cc1)N1CCCC1. The summed E-state index contributed by atoms with van der Waals surface area (Å²) in [6.45, 7) is 2.25. The normalized spacial score (nSPS) is 18.0. The minimum absolute atomic E-state index is 0.129. The number of hydrogen-bond acceptors (Lipinski definition) is 4. The third kappa shape index (κ3) is 3.87. The van der Waals surface area contributed by atoms with Gasteiger partial charge in [0.1, 0.15) is 12.4 Å². The number of carbonyl (C=O) groups is 1. The lowest BCUT2D eigenvalue weighted by Crippen LogP contribution is -2.27. The topological polar surface area (TPSA) is 42.4 Å². The molecule has 0 bridgehead atoms. The molecule has 4 rings (SSSR count). The van der Waals surface area contributed by atoms with Crippen LogP contribution in [-0.2, 0) is 6.61 Å². The van der Waals surface area contributed by atoms with Crippen LogP contribution in [0.2, 0.25) is 0 Å². The summed E-state index contributed by atoms with van der Waals surface area (Å²) in [5.41, 5.74) is 1.75. The van der Waals surface area contributed by atoms with Crippen LogP contribution in [-0.4, -0.2) is 28.9 Å². The number of ether oxygens (including phenoxy) is 1. The molecule has 0 radical (unpaired) electrons. The van der Waals surface area contributed by atoms with Gasteiger partial charge in [-0.1, -0.05) is 12.8 Å². The molecule has 25 heavy (non-hydrogen) atoms. The van der Waals surface area contributed by atoms with Gasteiger partial charge in [-0.15, -0.1) is 11.3 Å². The fourth-order valence-corrected chi connectivity index (χ4v) is 4.68. The van der Waals surface area contributed by atoms with E-state index in [1.165, 1.54) is 30.7 Å². The molecular weight excluding hydrogens is 332 g/mol. The Balaban J connectivity index is 1.33. The largest absolute Gasteiger partial charge is 0.487 e. The van der Waals surface area contributed by atoms with Crippen LogP contribution >= 0.6 is 11.3 Å². The number of likely N-dealkylation sites (tertiary alicyclic amines) is 1. The third-order valence-electron chi connectivity index (χ3n) is 5.16. The van der Waals surface area contributed by atoms with Crippen LogP contribution in [0.5, 0.6) is 5.75 Å². The first-order valence-corrected chi connectivity index (χ1v) is 10.1. The van der Waals surface area contributed by atoms with Gasteiger partial charge >= 0.3 is 0 Å². The van der Waals surface area contributed by atoms with Gasteiger partial charge in [0, 0.05) is 30.0 Å². The second-order valence-corrected chi connectivity index (χ2v) is 7.86. The van der Waals surface area contributed by atoms with Crippen LogP contribution in [0.25, 0.3) is 0 Å².